The van der Waals surface area contributed by atoms with E-state index in [0.717, 1.165) is 0 Å². The Balaban J connectivity index is 0. The Morgan fingerprint density at radius 1 is 0.917 bits per heavy atom. The van der Waals surface area contributed by atoms with E-state index in [1.807, 2.05) is 0 Å². The van der Waals surface area contributed by atoms with Gasteiger partial charge in [-0.2, -0.15) is 0 Å². The summed E-state index contributed by atoms with van der Waals surface area (Å²) in [5, 5.41) is 0. The predicted molar refractivity (Wildman–Crippen MR) is 62.1 cm³/mol. The fraction of sp³-hybridized carbons (Fsp3) is 0.600. The molecule has 0 saturated heterocycles. The van der Waals surface area contributed by atoms with Crippen molar-refractivity contribution in [1.29, 1.82) is 0 Å². The first kappa shape index (κ1) is 14.2. The molecule has 0 unspecified atom stereocenters. The van der Waals surface area contributed by atoms with Gasteiger partial charge in [0.1, 0.15) is 0 Å². The van der Waals surface area contributed by atoms with E-state index < -0.39 is 0 Å². The van der Waals surface area contributed by atoms with E-state index in [-0.39, 0.29) is 0 Å². The van der Waals surface area contributed by atoms with Crippen molar-refractivity contribution < 1.29 is 0 Å². The lowest BCUT2D eigenvalue weighted by atomic mass is 9.51. The average molecular weight is 162 g/mol. The van der Waals surface area contributed by atoms with Crippen molar-refractivity contribution in [1.82, 2.24) is 0 Å². The maximum absolute atomic E-state index is 4.50. The fourth-order valence-electron chi connectivity index (χ4n) is 1.10. The van der Waals surface area contributed by atoms with Gasteiger partial charge in [0, 0.05) is 0 Å². The molecule has 0 bridgehead atoms. The van der Waals surface area contributed by atoms with E-state index in [2.05, 4.69) is 54.3 Å². The molecule has 2 radical (unpaired) electrons. The van der Waals surface area contributed by atoms with Crippen LogP contribution in [0.15, 0.2) is 23.1 Å². The van der Waals surface area contributed by atoms with Crippen LogP contribution in [-0.4, -0.2) is 14.6 Å². The first-order valence-electron chi connectivity index (χ1n) is 4.40. The Labute approximate surface area is 79.6 Å². The molecule has 0 heterocycles. The SMILES string of the molecule is CB(C=C(C)C)C=C(C)C.[B]C. The van der Waals surface area contributed by atoms with Crippen molar-refractivity contribution in [3.63, 3.8) is 0 Å². The normalized spacial score (nSPS) is 7.50. The van der Waals surface area contributed by atoms with E-state index in [1.54, 1.807) is 0 Å². The summed E-state index contributed by atoms with van der Waals surface area (Å²) in [5.41, 5.74) is 2.79. The number of hydrogen-bond donors (Lipinski definition) is 0. The topological polar surface area (TPSA) is 0 Å². The molecular weight excluding hydrogens is 142 g/mol. The second-order valence-corrected chi connectivity index (χ2v) is 3.35. The predicted octanol–water partition coefficient (Wildman–Crippen LogP) is 3.32. The molecule has 0 amide bonds. The van der Waals surface area contributed by atoms with Gasteiger partial charge in [0.05, 0.1) is 7.85 Å². The smallest absolute Gasteiger partial charge is 0.112 e. The first-order valence-corrected chi connectivity index (χ1v) is 4.40. The van der Waals surface area contributed by atoms with Crippen LogP contribution >= 0.6 is 0 Å². The summed E-state index contributed by atoms with van der Waals surface area (Å²) >= 11 is 0. The van der Waals surface area contributed by atoms with Crippen molar-refractivity contribution in [3.8, 4) is 0 Å². The second kappa shape index (κ2) is 8.70. The van der Waals surface area contributed by atoms with Crippen molar-refractivity contribution >= 4 is 14.6 Å². The maximum Gasteiger partial charge on any atom is 0.188 e. The Kier molecular flexibility index (Phi) is 10.3. The van der Waals surface area contributed by atoms with Gasteiger partial charge in [0.15, 0.2) is 6.71 Å². The zero-order valence-corrected chi connectivity index (χ0v) is 9.31. The Hall–Kier alpha value is -0.390. The van der Waals surface area contributed by atoms with Crippen LogP contribution in [-0.2, 0) is 0 Å². The molecular formula is C10H20B2. The lowest BCUT2D eigenvalue weighted by Gasteiger charge is -1.96. The van der Waals surface area contributed by atoms with Gasteiger partial charge in [0.25, 0.3) is 0 Å². The van der Waals surface area contributed by atoms with Crippen LogP contribution in [0.5, 0.6) is 0 Å². The molecule has 0 fully saturated rings. The van der Waals surface area contributed by atoms with Gasteiger partial charge in [-0.25, -0.2) is 0 Å². The number of allylic oxidation sites excluding steroid dienone is 2. The maximum atomic E-state index is 4.50. The fourth-order valence-corrected chi connectivity index (χ4v) is 1.10. The molecule has 0 atom stereocenters. The van der Waals surface area contributed by atoms with E-state index in [4.69, 9.17) is 0 Å². The van der Waals surface area contributed by atoms with Crippen LogP contribution in [0.25, 0.3) is 0 Å². The molecule has 0 aliphatic rings. The molecule has 0 nitrogen and oxygen atoms in total. The van der Waals surface area contributed by atoms with Gasteiger partial charge in [-0.15, -0.1) is 12.0 Å². The molecule has 0 saturated carbocycles. The van der Waals surface area contributed by atoms with E-state index in [1.165, 1.54) is 18.0 Å². The lowest BCUT2D eigenvalue weighted by Crippen LogP contribution is -1.99. The summed E-state index contributed by atoms with van der Waals surface area (Å²) in [6.07, 6.45) is 0. The van der Waals surface area contributed by atoms with E-state index >= 15 is 0 Å². The quantitative estimate of drug-likeness (QED) is 0.546. The molecule has 0 aliphatic carbocycles. The Morgan fingerprint density at radius 2 is 1.17 bits per heavy atom. The standard InChI is InChI=1S/C9H17B.CH3B/c1-8(2)6-10(5)7-9(3)4;1-2/h6-7H,1-5H3;1H3. The first-order chi connectivity index (χ1) is 5.52. The van der Waals surface area contributed by atoms with Gasteiger partial charge in [-0.05, 0) is 27.7 Å². The summed E-state index contributed by atoms with van der Waals surface area (Å²) in [6.45, 7) is 12.8. The van der Waals surface area contributed by atoms with Crippen LogP contribution in [0.4, 0.5) is 0 Å². The minimum atomic E-state index is 0.593. The summed E-state index contributed by atoms with van der Waals surface area (Å²) in [5.74, 6) is 4.54. The van der Waals surface area contributed by atoms with Crippen molar-refractivity contribution in [3.05, 3.63) is 23.1 Å². The summed E-state index contributed by atoms with van der Waals surface area (Å²) < 4.78 is 0. The molecule has 0 aromatic heterocycles. The van der Waals surface area contributed by atoms with Crippen molar-refractivity contribution in [2.24, 2.45) is 0 Å². The molecule has 2 heteroatoms. The molecule has 0 aromatic carbocycles. The third-order valence-corrected chi connectivity index (χ3v) is 1.19. The Morgan fingerprint density at radius 3 is 1.33 bits per heavy atom. The number of rotatable bonds is 2. The molecule has 0 aromatic rings. The van der Waals surface area contributed by atoms with Crippen LogP contribution in [0.2, 0.25) is 13.6 Å². The van der Waals surface area contributed by atoms with Gasteiger partial charge < -0.3 is 0 Å². The van der Waals surface area contributed by atoms with E-state index in [9.17, 15) is 0 Å². The second-order valence-electron chi connectivity index (χ2n) is 3.35. The Bertz CT molecular complexity index is 131. The summed E-state index contributed by atoms with van der Waals surface area (Å²) in [6, 6.07) is 0. The largest absolute Gasteiger partial charge is 0.188 e. The van der Waals surface area contributed by atoms with Crippen LogP contribution < -0.4 is 0 Å². The third kappa shape index (κ3) is 12.3. The molecule has 0 aliphatic heterocycles. The highest BCUT2D eigenvalue weighted by Gasteiger charge is 1.95. The van der Waals surface area contributed by atoms with Crippen molar-refractivity contribution in [2.75, 3.05) is 0 Å². The monoisotopic (exact) mass is 162 g/mol. The highest BCUT2D eigenvalue weighted by atomic mass is 13.7. The van der Waals surface area contributed by atoms with Crippen LogP contribution in [0, 0.1) is 0 Å². The van der Waals surface area contributed by atoms with E-state index in [0.29, 0.717) is 6.71 Å². The summed E-state index contributed by atoms with van der Waals surface area (Å²) in [4.78, 5) is 0. The molecule has 0 spiro atoms. The van der Waals surface area contributed by atoms with Gasteiger partial charge in [-0.3, -0.25) is 0 Å². The minimum absolute atomic E-state index is 0.593. The number of hydrogen-bond acceptors (Lipinski definition) is 0. The van der Waals surface area contributed by atoms with Crippen LogP contribution in [0.1, 0.15) is 27.7 Å². The zero-order chi connectivity index (χ0) is 10.1. The highest BCUT2D eigenvalue weighted by molar-refractivity contribution is 6.68. The lowest BCUT2D eigenvalue weighted by molar-refractivity contribution is 1.39. The molecule has 66 valence electrons. The average Bonchev–Trinajstić information content (AvgIpc) is 1.87. The van der Waals surface area contributed by atoms with Gasteiger partial charge >= 0.3 is 0 Å². The molecule has 0 N–H and O–H groups in total. The molecule has 0 rings (SSSR count). The third-order valence-electron chi connectivity index (χ3n) is 1.19. The van der Waals surface area contributed by atoms with Gasteiger partial charge in [-0.1, -0.05) is 24.8 Å². The molecule has 12 heavy (non-hydrogen) atoms. The highest BCUT2D eigenvalue weighted by Crippen LogP contribution is 1.98. The van der Waals surface area contributed by atoms with Crippen LogP contribution in [0.3, 0.4) is 0 Å². The zero-order valence-electron chi connectivity index (χ0n) is 9.31. The van der Waals surface area contributed by atoms with Crippen molar-refractivity contribution in [2.45, 2.75) is 41.3 Å². The van der Waals surface area contributed by atoms with Gasteiger partial charge in [0.2, 0.25) is 0 Å². The minimum Gasteiger partial charge on any atom is -0.112 e. The summed E-state index contributed by atoms with van der Waals surface area (Å²) in [7, 11) is 4.50.